The lowest BCUT2D eigenvalue weighted by atomic mass is 10.1. The summed E-state index contributed by atoms with van der Waals surface area (Å²) in [6, 6.07) is 12.8. The Morgan fingerprint density at radius 1 is 0.926 bits per heavy atom. The van der Waals surface area contributed by atoms with Gasteiger partial charge in [-0.2, -0.15) is 0 Å². The van der Waals surface area contributed by atoms with E-state index >= 15 is 0 Å². The van der Waals surface area contributed by atoms with Crippen LogP contribution < -0.4 is 14.7 Å². The third-order valence-electron chi connectivity index (χ3n) is 5.32. The summed E-state index contributed by atoms with van der Waals surface area (Å²) >= 11 is 5.94. The molecule has 27 heavy (non-hydrogen) atoms. The number of carbonyl (C=O) groups is 2. The first-order valence-corrected chi connectivity index (χ1v) is 9.38. The first-order chi connectivity index (χ1) is 13.0. The molecule has 2 aromatic rings. The molecule has 0 spiro atoms. The number of nitrogens with one attached hydrogen (secondary N) is 1. The Hall–Kier alpha value is -2.44. The molecule has 4 rings (SSSR count). The van der Waals surface area contributed by atoms with Gasteiger partial charge in [-0.25, -0.2) is 9.29 Å². The molecule has 2 aromatic carbocycles. The van der Waals surface area contributed by atoms with E-state index in [1.54, 1.807) is 0 Å². The minimum atomic E-state index is -0.390. The highest BCUT2D eigenvalue weighted by atomic mass is 35.5. The smallest absolute Gasteiger partial charge is 0.292 e. The van der Waals surface area contributed by atoms with E-state index in [-0.39, 0.29) is 24.3 Å². The maximum atomic E-state index is 13.1. The van der Waals surface area contributed by atoms with Gasteiger partial charge in [0, 0.05) is 10.7 Å². The average molecular weight is 389 g/mol. The van der Waals surface area contributed by atoms with Gasteiger partial charge < -0.3 is 9.80 Å². The zero-order chi connectivity index (χ0) is 19.0. The highest BCUT2D eigenvalue weighted by Gasteiger charge is 2.46. The van der Waals surface area contributed by atoms with E-state index in [0.717, 1.165) is 36.8 Å². The number of nitrogens with zero attached hydrogens (tertiary/aromatic N) is 2. The molecule has 0 bridgehead atoms. The van der Waals surface area contributed by atoms with E-state index < -0.39 is 5.82 Å². The summed E-state index contributed by atoms with van der Waals surface area (Å²) in [5.41, 5.74) is 1.55. The minimum Gasteiger partial charge on any atom is -0.360 e. The summed E-state index contributed by atoms with van der Waals surface area (Å²) in [5.74, 6) is -0.802. The fourth-order valence-corrected chi connectivity index (χ4v) is 3.99. The van der Waals surface area contributed by atoms with Crippen LogP contribution in [0.3, 0.4) is 0 Å². The van der Waals surface area contributed by atoms with Gasteiger partial charge in [0.15, 0.2) is 6.04 Å². The second-order valence-corrected chi connectivity index (χ2v) is 7.36. The Morgan fingerprint density at radius 3 is 2.15 bits per heavy atom. The average Bonchev–Trinajstić information content (AvgIpc) is 2.98. The quantitative estimate of drug-likeness (QED) is 0.811. The van der Waals surface area contributed by atoms with Crippen LogP contribution in [0.1, 0.15) is 6.42 Å². The summed E-state index contributed by atoms with van der Waals surface area (Å²) in [7, 11) is 0. The zero-order valence-corrected chi connectivity index (χ0v) is 15.5. The normalized spacial score (nSPS) is 21.2. The molecule has 2 amide bonds. The Bertz CT molecular complexity index is 849. The standard InChI is InChI=1S/C20H19ClFN3O2/c21-14-1-5-16(6-2-14)23-9-11-24(12-10-23)18-13-19(26)25(20(18)27)17-7-3-15(22)4-8-17/h1-8,18H,9-13H2/p+1/t18-/m1/s1. The SMILES string of the molecule is O=C1C[C@@H]([NH+]2CCN(c3ccc(Cl)cc3)CC2)C(=O)N1c1ccc(F)cc1. The number of imide groups is 1. The van der Waals surface area contributed by atoms with Gasteiger partial charge >= 0.3 is 0 Å². The lowest BCUT2D eigenvalue weighted by Crippen LogP contribution is -3.19. The molecule has 140 valence electrons. The fourth-order valence-electron chi connectivity index (χ4n) is 3.86. The van der Waals surface area contributed by atoms with Crippen molar-refractivity contribution in [1.82, 2.24) is 0 Å². The molecule has 2 aliphatic rings. The first kappa shape index (κ1) is 17.9. The second-order valence-electron chi connectivity index (χ2n) is 6.92. The largest absolute Gasteiger partial charge is 0.360 e. The third kappa shape index (κ3) is 3.55. The summed E-state index contributed by atoms with van der Waals surface area (Å²) in [6.45, 7) is 3.18. The van der Waals surface area contributed by atoms with Crippen molar-refractivity contribution in [3.05, 3.63) is 59.4 Å². The van der Waals surface area contributed by atoms with Gasteiger partial charge in [0.25, 0.3) is 5.91 Å². The number of halogens is 2. The number of amides is 2. The Labute approximate surface area is 161 Å². The summed E-state index contributed by atoms with van der Waals surface area (Å²) in [5, 5.41) is 0.707. The lowest BCUT2D eigenvalue weighted by molar-refractivity contribution is -0.915. The number of benzene rings is 2. The van der Waals surface area contributed by atoms with Crippen molar-refractivity contribution < 1.29 is 18.9 Å². The number of anilines is 2. The van der Waals surface area contributed by atoms with Crippen LogP contribution in [0, 0.1) is 5.82 Å². The number of rotatable bonds is 3. The molecule has 5 nitrogen and oxygen atoms in total. The van der Waals surface area contributed by atoms with Gasteiger partial charge in [-0.05, 0) is 48.5 Å². The zero-order valence-electron chi connectivity index (χ0n) is 14.7. The van der Waals surface area contributed by atoms with Crippen molar-refractivity contribution in [2.75, 3.05) is 36.0 Å². The molecule has 0 unspecified atom stereocenters. The molecule has 2 fully saturated rings. The lowest BCUT2D eigenvalue weighted by Gasteiger charge is -2.35. The third-order valence-corrected chi connectivity index (χ3v) is 5.57. The van der Waals surface area contributed by atoms with E-state index in [2.05, 4.69) is 4.90 Å². The van der Waals surface area contributed by atoms with Crippen LogP contribution in [0.5, 0.6) is 0 Å². The van der Waals surface area contributed by atoms with Gasteiger partial charge in [0.05, 0.1) is 38.3 Å². The van der Waals surface area contributed by atoms with Crippen molar-refractivity contribution in [3.63, 3.8) is 0 Å². The number of quaternary nitrogens is 1. The predicted molar refractivity (Wildman–Crippen MR) is 102 cm³/mol. The molecule has 7 heteroatoms. The Morgan fingerprint density at radius 2 is 1.52 bits per heavy atom. The molecule has 2 aliphatic heterocycles. The van der Waals surface area contributed by atoms with Crippen molar-refractivity contribution in [1.29, 1.82) is 0 Å². The molecule has 0 aliphatic carbocycles. The van der Waals surface area contributed by atoms with Crippen molar-refractivity contribution in [3.8, 4) is 0 Å². The van der Waals surface area contributed by atoms with E-state index in [4.69, 9.17) is 11.6 Å². The predicted octanol–water partition coefficient (Wildman–Crippen LogP) is 1.52. The molecule has 1 N–H and O–H groups in total. The van der Waals surface area contributed by atoms with Gasteiger partial charge in [0.2, 0.25) is 5.91 Å². The molecule has 0 saturated carbocycles. The first-order valence-electron chi connectivity index (χ1n) is 9.00. The van der Waals surface area contributed by atoms with Crippen molar-refractivity contribution >= 4 is 34.8 Å². The van der Waals surface area contributed by atoms with Crippen LogP contribution in [-0.2, 0) is 9.59 Å². The number of carbonyl (C=O) groups excluding carboxylic acids is 2. The van der Waals surface area contributed by atoms with Crippen molar-refractivity contribution in [2.45, 2.75) is 12.5 Å². The molecular weight excluding hydrogens is 369 g/mol. The fraction of sp³-hybridized carbons (Fsp3) is 0.300. The molecule has 0 radical (unpaired) electrons. The Balaban J connectivity index is 1.43. The highest BCUT2D eigenvalue weighted by molar-refractivity contribution is 6.30. The van der Waals surface area contributed by atoms with E-state index in [1.165, 1.54) is 29.2 Å². The van der Waals surface area contributed by atoms with E-state index in [0.29, 0.717) is 10.7 Å². The van der Waals surface area contributed by atoms with Crippen LogP contribution in [0.4, 0.5) is 15.8 Å². The molecular formula is C20H20ClFN3O2+. The van der Waals surface area contributed by atoms with Crippen LogP contribution in [-0.4, -0.2) is 44.0 Å². The second kappa shape index (κ2) is 7.29. The maximum Gasteiger partial charge on any atom is 0.292 e. The van der Waals surface area contributed by atoms with E-state index in [9.17, 15) is 14.0 Å². The van der Waals surface area contributed by atoms with Gasteiger partial charge in [-0.3, -0.25) is 9.59 Å². The van der Waals surface area contributed by atoms with E-state index in [1.807, 2.05) is 24.3 Å². The molecule has 2 saturated heterocycles. The van der Waals surface area contributed by atoms with Crippen LogP contribution >= 0.6 is 11.6 Å². The van der Waals surface area contributed by atoms with Gasteiger partial charge in [0.1, 0.15) is 5.82 Å². The summed E-state index contributed by atoms with van der Waals surface area (Å²) in [4.78, 5) is 29.9. The topological polar surface area (TPSA) is 45.1 Å². The van der Waals surface area contributed by atoms with Crippen LogP contribution in [0.25, 0.3) is 0 Å². The van der Waals surface area contributed by atoms with Gasteiger partial charge in [-0.15, -0.1) is 0 Å². The van der Waals surface area contributed by atoms with Gasteiger partial charge in [-0.1, -0.05) is 11.6 Å². The summed E-state index contributed by atoms with van der Waals surface area (Å²) in [6.07, 6.45) is 0.201. The van der Waals surface area contributed by atoms with Crippen LogP contribution in [0.15, 0.2) is 48.5 Å². The summed E-state index contributed by atoms with van der Waals surface area (Å²) < 4.78 is 13.1. The number of hydrogen-bond acceptors (Lipinski definition) is 3. The number of piperazine rings is 1. The molecule has 2 heterocycles. The van der Waals surface area contributed by atoms with Crippen molar-refractivity contribution in [2.24, 2.45) is 0 Å². The maximum absolute atomic E-state index is 13.1. The monoisotopic (exact) mass is 388 g/mol. The highest BCUT2D eigenvalue weighted by Crippen LogP contribution is 2.23. The molecule has 1 atom stereocenters. The molecule has 0 aromatic heterocycles. The minimum absolute atomic E-state index is 0.193. The Kier molecular flexibility index (Phi) is 4.85. The van der Waals surface area contributed by atoms with Crippen LogP contribution in [0.2, 0.25) is 5.02 Å². The number of hydrogen-bond donors (Lipinski definition) is 1.